The summed E-state index contributed by atoms with van der Waals surface area (Å²) in [6.45, 7) is 10.5. The summed E-state index contributed by atoms with van der Waals surface area (Å²) in [5.41, 5.74) is 3.54. The van der Waals surface area contributed by atoms with E-state index in [4.69, 9.17) is 4.98 Å². The molecule has 6 nitrogen and oxygen atoms in total. The number of nitrogens with zero attached hydrogens (tertiary/aromatic N) is 4. The van der Waals surface area contributed by atoms with Gasteiger partial charge in [0.2, 0.25) is 15.2 Å². The van der Waals surface area contributed by atoms with E-state index >= 15 is 0 Å². The Morgan fingerprint density at radius 3 is 2.16 bits per heavy atom. The minimum Gasteiger partial charge on any atom is -0.344 e. The lowest BCUT2D eigenvalue weighted by Crippen LogP contribution is -2.48. The Kier molecular flexibility index (Phi) is 6.38. The van der Waals surface area contributed by atoms with Crippen molar-refractivity contribution in [3.8, 4) is 0 Å². The molecule has 1 aliphatic rings. The lowest BCUT2D eigenvalue weighted by Gasteiger charge is -2.33. The smallest absolute Gasteiger partial charge is 0.243 e. The average molecular weight is 471 g/mol. The maximum absolute atomic E-state index is 13.1. The first-order chi connectivity index (χ1) is 15.1. The van der Waals surface area contributed by atoms with Crippen molar-refractivity contribution >= 4 is 26.7 Å². The van der Waals surface area contributed by atoms with Gasteiger partial charge in [-0.05, 0) is 35.6 Å². The summed E-state index contributed by atoms with van der Waals surface area (Å²) < 4.78 is 32.3. The van der Waals surface area contributed by atoms with E-state index in [0.717, 1.165) is 16.5 Å². The molecule has 170 valence electrons. The quantitative estimate of drug-likeness (QED) is 0.558. The molecule has 0 bridgehead atoms. The number of hydrogen-bond acceptors (Lipinski definition) is 6. The summed E-state index contributed by atoms with van der Waals surface area (Å²) in [7, 11) is -3.49. The highest BCUT2D eigenvalue weighted by Gasteiger charge is 2.30. The molecular weight excluding hydrogens is 440 g/mol. The molecule has 1 aromatic heterocycles. The number of benzene rings is 2. The summed E-state index contributed by atoms with van der Waals surface area (Å²) in [5.74, 6) is 0.808. The minimum absolute atomic E-state index is 0.00598. The van der Waals surface area contributed by atoms with Gasteiger partial charge in [-0.15, -0.1) is 0 Å². The van der Waals surface area contributed by atoms with Gasteiger partial charge in [-0.3, -0.25) is 0 Å². The molecule has 0 N–H and O–H groups in total. The number of aromatic nitrogens is 2. The normalized spacial score (nSPS) is 15.8. The minimum atomic E-state index is -3.49. The molecule has 4 rings (SSSR count). The van der Waals surface area contributed by atoms with E-state index in [1.807, 2.05) is 12.1 Å². The van der Waals surface area contributed by atoms with Gasteiger partial charge in [0.15, 0.2) is 0 Å². The van der Waals surface area contributed by atoms with Gasteiger partial charge in [0, 0.05) is 44.1 Å². The second kappa shape index (κ2) is 8.92. The van der Waals surface area contributed by atoms with Crippen LogP contribution in [0.2, 0.25) is 0 Å². The van der Waals surface area contributed by atoms with Crippen molar-refractivity contribution in [2.45, 2.75) is 44.4 Å². The molecule has 0 atom stereocenters. The van der Waals surface area contributed by atoms with Crippen LogP contribution in [0.3, 0.4) is 0 Å². The van der Waals surface area contributed by atoms with Crippen LogP contribution in [0.5, 0.6) is 0 Å². The zero-order chi connectivity index (χ0) is 22.9. The lowest BCUT2D eigenvalue weighted by molar-refractivity contribution is 0.384. The summed E-state index contributed by atoms with van der Waals surface area (Å²) in [6.07, 6.45) is 0.704. The molecule has 1 fully saturated rings. The topological polar surface area (TPSA) is 66.4 Å². The lowest BCUT2D eigenvalue weighted by atomic mass is 9.87. The van der Waals surface area contributed by atoms with Gasteiger partial charge in [-0.2, -0.15) is 8.68 Å². The molecule has 1 aliphatic heterocycles. The van der Waals surface area contributed by atoms with Gasteiger partial charge < -0.3 is 4.90 Å². The van der Waals surface area contributed by atoms with Crippen molar-refractivity contribution in [3.63, 3.8) is 0 Å². The Morgan fingerprint density at radius 2 is 1.56 bits per heavy atom. The van der Waals surface area contributed by atoms with Gasteiger partial charge in [0.05, 0.1) is 4.90 Å². The molecule has 32 heavy (non-hydrogen) atoms. The van der Waals surface area contributed by atoms with Crippen LogP contribution in [0.1, 0.15) is 43.3 Å². The largest absolute Gasteiger partial charge is 0.344 e. The van der Waals surface area contributed by atoms with E-state index in [0.29, 0.717) is 37.5 Å². The SMILES string of the molecule is Cc1ccc(Cc2nsc(N3CCN(S(=O)(=O)c4ccc(C(C)(C)C)cc4)CC3)n2)cc1. The first-order valence-electron chi connectivity index (χ1n) is 10.9. The number of anilines is 1. The number of rotatable bonds is 5. The molecule has 1 saturated heterocycles. The van der Waals surface area contributed by atoms with E-state index in [9.17, 15) is 8.42 Å². The van der Waals surface area contributed by atoms with Crippen LogP contribution in [0, 0.1) is 6.92 Å². The van der Waals surface area contributed by atoms with E-state index in [-0.39, 0.29) is 5.41 Å². The molecule has 0 aliphatic carbocycles. The van der Waals surface area contributed by atoms with Gasteiger partial charge in [0.25, 0.3) is 0 Å². The zero-order valence-corrected chi connectivity index (χ0v) is 20.7. The average Bonchev–Trinajstić information content (AvgIpc) is 3.23. The van der Waals surface area contributed by atoms with Crippen LogP contribution >= 0.6 is 11.5 Å². The van der Waals surface area contributed by atoms with E-state index < -0.39 is 10.0 Å². The third-order valence-corrected chi connectivity index (χ3v) is 8.54. The molecule has 2 aromatic carbocycles. The molecule has 0 spiro atoms. The van der Waals surface area contributed by atoms with Gasteiger partial charge in [-0.25, -0.2) is 13.4 Å². The monoisotopic (exact) mass is 470 g/mol. The van der Waals surface area contributed by atoms with Gasteiger partial charge >= 0.3 is 0 Å². The Hall–Kier alpha value is -2.29. The Bertz CT molecular complexity index is 1160. The fraction of sp³-hybridized carbons (Fsp3) is 0.417. The zero-order valence-electron chi connectivity index (χ0n) is 19.1. The predicted molar refractivity (Wildman–Crippen MR) is 130 cm³/mol. The van der Waals surface area contributed by atoms with Crippen molar-refractivity contribution in [1.29, 1.82) is 0 Å². The fourth-order valence-electron chi connectivity index (χ4n) is 3.73. The Morgan fingerprint density at radius 1 is 0.938 bits per heavy atom. The summed E-state index contributed by atoms with van der Waals surface area (Å²) in [6, 6.07) is 15.7. The molecule has 0 radical (unpaired) electrons. The van der Waals surface area contributed by atoms with Crippen molar-refractivity contribution in [1.82, 2.24) is 13.7 Å². The maximum Gasteiger partial charge on any atom is 0.243 e. The van der Waals surface area contributed by atoms with Crippen molar-refractivity contribution in [2.75, 3.05) is 31.1 Å². The molecule has 2 heterocycles. The third-order valence-electron chi connectivity index (χ3n) is 5.81. The highest BCUT2D eigenvalue weighted by molar-refractivity contribution is 7.89. The van der Waals surface area contributed by atoms with E-state index in [1.165, 1.54) is 22.7 Å². The predicted octanol–water partition coefficient (Wildman–Crippen LogP) is 4.25. The standard InChI is InChI=1S/C24H30N4O2S2/c1-18-5-7-19(8-6-18)17-22-25-23(31-26-22)27-13-15-28(16-14-27)32(29,30)21-11-9-20(10-12-21)24(2,3)4/h5-12H,13-17H2,1-4H3. The third kappa shape index (κ3) is 5.03. The highest BCUT2D eigenvalue weighted by Crippen LogP contribution is 2.26. The first kappa shape index (κ1) is 22.9. The number of sulfonamides is 1. The summed E-state index contributed by atoms with van der Waals surface area (Å²) in [4.78, 5) is 7.18. The Balaban J connectivity index is 1.38. The van der Waals surface area contributed by atoms with Crippen molar-refractivity contribution in [2.24, 2.45) is 0 Å². The molecular formula is C24H30N4O2S2. The van der Waals surface area contributed by atoms with Crippen LogP contribution < -0.4 is 4.90 Å². The maximum atomic E-state index is 13.1. The molecule has 0 unspecified atom stereocenters. The van der Waals surface area contributed by atoms with Gasteiger partial charge in [0.1, 0.15) is 5.82 Å². The number of piperazine rings is 1. The second-order valence-corrected chi connectivity index (χ2v) is 12.0. The summed E-state index contributed by atoms with van der Waals surface area (Å²) in [5, 5.41) is 0.860. The van der Waals surface area contributed by atoms with Crippen LogP contribution in [-0.4, -0.2) is 48.3 Å². The molecule has 8 heteroatoms. The summed E-state index contributed by atoms with van der Waals surface area (Å²) >= 11 is 1.38. The van der Waals surface area contributed by atoms with Crippen molar-refractivity contribution < 1.29 is 8.42 Å². The van der Waals surface area contributed by atoms with Crippen LogP contribution in [0.4, 0.5) is 5.13 Å². The van der Waals surface area contributed by atoms with Crippen LogP contribution in [0.25, 0.3) is 0 Å². The van der Waals surface area contributed by atoms with Gasteiger partial charge in [-0.1, -0.05) is 62.7 Å². The van der Waals surface area contributed by atoms with Crippen LogP contribution in [0.15, 0.2) is 53.4 Å². The molecule has 0 amide bonds. The number of aryl methyl sites for hydroxylation is 1. The fourth-order valence-corrected chi connectivity index (χ4v) is 5.89. The Labute approximate surface area is 195 Å². The van der Waals surface area contributed by atoms with Crippen molar-refractivity contribution in [3.05, 3.63) is 71.0 Å². The van der Waals surface area contributed by atoms with E-state index in [1.54, 1.807) is 16.4 Å². The second-order valence-electron chi connectivity index (χ2n) is 9.32. The highest BCUT2D eigenvalue weighted by atomic mass is 32.2. The molecule has 3 aromatic rings. The first-order valence-corrected chi connectivity index (χ1v) is 13.1. The molecule has 0 saturated carbocycles. The number of hydrogen-bond donors (Lipinski definition) is 0. The van der Waals surface area contributed by atoms with Crippen LogP contribution in [-0.2, 0) is 21.9 Å². The van der Waals surface area contributed by atoms with E-state index in [2.05, 4.69) is 61.2 Å².